The first-order valence-electron chi connectivity index (χ1n) is 8.58. The van der Waals surface area contributed by atoms with E-state index in [0.29, 0.717) is 26.1 Å². The Bertz CT molecular complexity index is 732. The van der Waals surface area contributed by atoms with Crippen LogP contribution < -0.4 is 0 Å². The number of likely N-dealkylation sites (tertiary alicyclic amines) is 1. The van der Waals surface area contributed by atoms with Crippen molar-refractivity contribution in [1.82, 2.24) is 4.90 Å². The smallest absolute Gasteiger partial charge is 0.407 e. The van der Waals surface area contributed by atoms with E-state index in [1.165, 1.54) is 9.80 Å². The molecule has 1 aliphatic heterocycles. The van der Waals surface area contributed by atoms with Crippen LogP contribution in [0, 0.1) is 0 Å². The lowest BCUT2D eigenvalue weighted by Crippen LogP contribution is -2.46. The second kappa shape index (κ2) is 8.47. The molecular formula is C20H23NO4S. The molecule has 6 heteroatoms. The summed E-state index contributed by atoms with van der Waals surface area (Å²) in [5.74, 6) is 0.333. The van der Waals surface area contributed by atoms with Gasteiger partial charge < -0.3 is 19.8 Å². The molecule has 2 N–H and O–H groups in total. The van der Waals surface area contributed by atoms with Crippen LogP contribution in [0.4, 0.5) is 4.79 Å². The van der Waals surface area contributed by atoms with Crippen molar-refractivity contribution in [3.63, 3.8) is 0 Å². The van der Waals surface area contributed by atoms with Gasteiger partial charge in [-0.3, -0.25) is 0 Å². The van der Waals surface area contributed by atoms with Crippen molar-refractivity contribution in [3.05, 3.63) is 59.7 Å². The fraction of sp³-hybridized carbons (Fsp3) is 0.350. The molecule has 1 fully saturated rings. The highest BCUT2D eigenvalue weighted by Gasteiger charge is 2.33. The molecule has 1 saturated heterocycles. The van der Waals surface area contributed by atoms with Crippen LogP contribution in [0.2, 0.25) is 0 Å². The highest BCUT2D eigenvalue weighted by Crippen LogP contribution is 2.32. The predicted molar refractivity (Wildman–Crippen MR) is 102 cm³/mol. The molecule has 2 unspecified atom stereocenters. The van der Waals surface area contributed by atoms with Crippen molar-refractivity contribution in [2.45, 2.75) is 29.9 Å². The molecule has 1 amide bonds. The Morgan fingerprint density at radius 2 is 1.88 bits per heavy atom. The predicted octanol–water partition coefficient (Wildman–Crippen LogP) is 4.17. The minimum absolute atomic E-state index is 0.108. The number of carbonyl (C=O) groups is 1. The van der Waals surface area contributed by atoms with Gasteiger partial charge in [-0.2, -0.15) is 0 Å². The molecule has 0 aromatic heterocycles. The van der Waals surface area contributed by atoms with Gasteiger partial charge in [0.1, 0.15) is 5.75 Å². The summed E-state index contributed by atoms with van der Waals surface area (Å²) in [4.78, 5) is 14.0. The number of thioether (sulfide) groups is 1. The maximum Gasteiger partial charge on any atom is 0.407 e. The molecular weight excluding hydrogens is 350 g/mol. The third-order valence-electron chi connectivity index (χ3n) is 4.77. The maximum atomic E-state index is 11.4. The van der Waals surface area contributed by atoms with Crippen LogP contribution in [0.25, 0.3) is 0 Å². The summed E-state index contributed by atoms with van der Waals surface area (Å²) < 4.78 is 6.15. The van der Waals surface area contributed by atoms with Gasteiger partial charge >= 0.3 is 6.09 Å². The average Bonchev–Trinajstić information content (AvgIpc) is 2.67. The third-order valence-corrected chi connectivity index (χ3v) is 5.52. The number of aromatic hydroxyl groups is 1. The van der Waals surface area contributed by atoms with Crippen molar-refractivity contribution >= 4 is 17.9 Å². The third kappa shape index (κ3) is 4.51. The van der Waals surface area contributed by atoms with Crippen LogP contribution in [0.5, 0.6) is 5.75 Å². The Kier molecular flexibility index (Phi) is 6.06. The van der Waals surface area contributed by atoms with Gasteiger partial charge in [0.05, 0.1) is 19.3 Å². The molecule has 2 aromatic rings. The van der Waals surface area contributed by atoms with Gasteiger partial charge in [0, 0.05) is 17.4 Å². The lowest BCUT2D eigenvalue weighted by molar-refractivity contribution is -0.0199. The van der Waals surface area contributed by atoms with E-state index in [2.05, 4.69) is 12.1 Å². The molecule has 0 spiro atoms. The Balaban J connectivity index is 1.72. The summed E-state index contributed by atoms with van der Waals surface area (Å²) in [5.41, 5.74) is 2.13. The van der Waals surface area contributed by atoms with E-state index in [1.807, 2.05) is 30.5 Å². The molecule has 1 heterocycles. The van der Waals surface area contributed by atoms with Gasteiger partial charge in [-0.1, -0.05) is 24.3 Å². The van der Waals surface area contributed by atoms with E-state index in [9.17, 15) is 15.0 Å². The number of phenolic OH excluding ortho intramolecular Hbond substituents is 1. The molecule has 138 valence electrons. The van der Waals surface area contributed by atoms with Crippen molar-refractivity contribution in [1.29, 1.82) is 0 Å². The first-order chi connectivity index (χ1) is 12.6. The van der Waals surface area contributed by atoms with Crippen LogP contribution in [0.15, 0.2) is 53.4 Å². The van der Waals surface area contributed by atoms with E-state index in [-0.39, 0.29) is 17.8 Å². The highest BCUT2D eigenvalue weighted by atomic mass is 32.2. The Morgan fingerprint density at radius 3 is 2.50 bits per heavy atom. The van der Waals surface area contributed by atoms with Gasteiger partial charge in [0.2, 0.25) is 0 Å². The topological polar surface area (TPSA) is 70.0 Å². The minimum atomic E-state index is -0.910. The zero-order valence-electron chi connectivity index (χ0n) is 14.7. The van der Waals surface area contributed by atoms with E-state index < -0.39 is 6.09 Å². The van der Waals surface area contributed by atoms with Crippen LogP contribution in [0.1, 0.15) is 23.5 Å². The number of carboxylic acid groups (broad SMARTS) is 1. The van der Waals surface area contributed by atoms with Crippen molar-refractivity contribution < 1.29 is 19.7 Å². The van der Waals surface area contributed by atoms with Crippen LogP contribution in [0.3, 0.4) is 0 Å². The van der Waals surface area contributed by atoms with Crippen LogP contribution in [-0.4, -0.2) is 46.7 Å². The number of nitrogens with zero attached hydrogens (tertiary/aromatic N) is 1. The lowest BCUT2D eigenvalue weighted by Gasteiger charge is -2.37. The van der Waals surface area contributed by atoms with Crippen molar-refractivity contribution in [2.24, 2.45) is 0 Å². The Morgan fingerprint density at radius 1 is 1.19 bits per heavy atom. The first-order valence-corrected chi connectivity index (χ1v) is 9.80. The molecule has 3 rings (SSSR count). The van der Waals surface area contributed by atoms with Gasteiger partial charge in [-0.15, -0.1) is 11.8 Å². The van der Waals surface area contributed by atoms with E-state index in [1.54, 1.807) is 23.9 Å². The SMILES string of the molecule is CSc1ccc(COC2CN(C(=O)O)CCC2c2ccc(O)cc2)cc1. The summed E-state index contributed by atoms with van der Waals surface area (Å²) in [5, 5.41) is 18.8. The molecule has 0 radical (unpaired) electrons. The Labute approximate surface area is 157 Å². The van der Waals surface area contributed by atoms with Gasteiger partial charge in [-0.25, -0.2) is 4.79 Å². The van der Waals surface area contributed by atoms with Crippen LogP contribution >= 0.6 is 11.8 Å². The number of ether oxygens (including phenoxy) is 1. The molecule has 0 saturated carbocycles. The Hall–Kier alpha value is -2.18. The molecule has 2 aromatic carbocycles. The molecule has 2 atom stereocenters. The fourth-order valence-electron chi connectivity index (χ4n) is 3.29. The number of hydrogen-bond acceptors (Lipinski definition) is 4. The molecule has 1 aliphatic rings. The number of hydrogen-bond donors (Lipinski definition) is 2. The second-order valence-corrected chi connectivity index (χ2v) is 7.29. The number of phenols is 1. The van der Waals surface area contributed by atoms with Crippen LogP contribution in [-0.2, 0) is 11.3 Å². The standard InChI is InChI=1S/C20H23NO4S/c1-26-17-8-2-14(3-9-17)13-25-19-12-21(20(23)24)11-10-18(19)15-4-6-16(22)7-5-15/h2-9,18-19,22H,10-13H2,1H3,(H,23,24). The minimum Gasteiger partial charge on any atom is -0.508 e. The number of benzene rings is 2. The summed E-state index contributed by atoms with van der Waals surface area (Å²) in [6, 6.07) is 15.3. The van der Waals surface area contributed by atoms with Gasteiger partial charge in [-0.05, 0) is 48.1 Å². The van der Waals surface area contributed by atoms with E-state index >= 15 is 0 Å². The number of piperidine rings is 1. The zero-order valence-corrected chi connectivity index (χ0v) is 15.5. The normalized spacial score (nSPS) is 20.1. The maximum absolute atomic E-state index is 11.4. The monoisotopic (exact) mass is 373 g/mol. The van der Waals surface area contributed by atoms with Crippen molar-refractivity contribution in [2.75, 3.05) is 19.3 Å². The van der Waals surface area contributed by atoms with E-state index in [0.717, 1.165) is 11.1 Å². The summed E-state index contributed by atoms with van der Waals surface area (Å²) >= 11 is 1.69. The average molecular weight is 373 g/mol. The molecule has 0 aliphatic carbocycles. The number of amides is 1. The second-order valence-electron chi connectivity index (χ2n) is 6.41. The van der Waals surface area contributed by atoms with Gasteiger partial charge in [0.15, 0.2) is 0 Å². The lowest BCUT2D eigenvalue weighted by atomic mass is 9.87. The fourth-order valence-corrected chi connectivity index (χ4v) is 3.70. The van der Waals surface area contributed by atoms with Crippen molar-refractivity contribution in [3.8, 4) is 5.75 Å². The molecule has 26 heavy (non-hydrogen) atoms. The zero-order chi connectivity index (χ0) is 18.5. The molecule has 5 nitrogen and oxygen atoms in total. The van der Waals surface area contributed by atoms with Gasteiger partial charge in [0.25, 0.3) is 0 Å². The molecule has 0 bridgehead atoms. The highest BCUT2D eigenvalue weighted by molar-refractivity contribution is 7.98. The quantitative estimate of drug-likeness (QED) is 0.770. The first kappa shape index (κ1) is 18.6. The summed E-state index contributed by atoms with van der Waals surface area (Å²) in [6.45, 7) is 1.29. The van der Waals surface area contributed by atoms with E-state index in [4.69, 9.17) is 4.74 Å². The number of rotatable bonds is 5. The largest absolute Gasteiger partial charge is 0.508 e. The summed E-state index contributed by atoms with van der Waals surface area (Å²) in [6.07, 6.45) is 1.61. The summed E-state index contributed by atoms with van der Waals surface area (Å²) in [7, 11) is 0.